The summed E-state index contributed by atoms with van der Waals surface area (Å²) >= 11 is 3.47. The molecular weight excluding hydrogens is 310 g/mol. The van der Waals surface area contributed by atoms with Gasteiger partial charge in [-0.05, 0) is 56.0 Å². The fourth-order valence-corrected chi connectivity index (χ4v) is 2.60. The minimum absolute atomic E-state index is 0.520. The van der Waals surface area contributed by atoms with Crippen LogP contribution in [-0.4, -0.2) is 12.6 Å². The monoisotopic (exact) mass is 331 g/mol. The van der Waals surface area contributed by atoms with Gasteiger partial charge in [-0.2, -0.15) is 0 Å². The number of nitrogens with one attached hydrogen (secondary N) is 1. The van der Waals surface area contributed by atoms with Crippen LogP contribution in [0.2, 0.25) is 0 Å². The Hall–Kier alpha value is -1.12. The van der Waals surface area contributed by atoms with Crippen molar-refractivity contribution >= 4 is 15.9 Å². The zero-order valence-corrected chi connectivity index (χ0v) is 13.6. The van der Waals surface area contributed by atoms with E-state index in [2.05, 4.69) is 82.8 Å². The molecule has 0 fully saturated rings. The normalized spacial score (nSPS) is 12.3. The summed E-state index contributed by atoms with van der Waals surface area (Å²) < 4.78 is 1.14. The van der Waals surface area contributed by atoms with Crippen LogP contribution < -0.4 is 5.32 Å². The summed E-state index contributed by atoms with van der Waals surface area (Å²) in [6.07, 6.45) is 3.42. The Balaban J connectivity index is 1.65. The highest BCUT2D eigenvalue weighted by Crippen LogP contribution is 2.12. The average Bonchev–Trinajstić information content (AvgIpc) is 2.47. The third-order valence-electron chi connectivity index (χ3n) is 3.43. The summed E-state index contributed by atoms with van der Waals surface area (Å²) in [5.74, 6) is 0. The third kappa shape index (κ3) is 5.48. The Morgan fingerprint density at radius 1 is 0.950 bits per heavy atom. The van der Waals surface area contributed by atoms with Crippen LogP contribution in [-0.2, 0) is 12.8 Å². The first-order chi connectivity index (χ1) is 9.74. The lowest BCUT2D eigenvalue weighted by molar-refractivity contribution is 0.534. The van der Waals surface area contributed by atoms with Crippen molar-refractivity contribution in [1.82, 2.24) is 5.32 Å². The Morgan fingerprint density at radius 3 is 2.35 bits per heavy atom. The van der Waals surface area contributed by atoms with E-state index < -0.39 is 0 Å². The van der Waals surface area contributed by atoms with Crippen molar-refractivity contribution in [2.75, 3.05) is 6.54 Å². The molecule has 0 aliphatic rings. The van der Waals surface area contributed by atoms with Gasteiger partial charge in [-0.15, -0.1) is 0 Å². The molecule has 1 nitrogen and oxygen atoms in total. The predicted octanol–water partition coefficient (Wildman–Crippen LogP) is 4.60. The van der Waals surface area contributed by atoms with Gasteiger partial charge < -0.3 is 5.32 Å². The van der Waals surface area contributed by atoms with E-state index in [9.17, 15) is 0 Å². The molecule has 0 bridgehead atoms. The number of hydrogen-bond donors (Lipinski definition) is 1. The van der Waals surface area contributed by atoms with E-state index in [1.54, 1.807) is 0 Å². The molecule has 2 rings (SSSR count). The number of halogens is 1. The largest absolute Gasteiger partial charge is 0.314 e. The first kappa shape index (κ1) is 15.3. The van der Waals surface area contributed by atoms with Crippen LogP contribution in [0, 0.1) is 0 Å². The van der Waals surface area contributed by atoms with Crippen LogP contribution in [0.5, 0.6) is 0 Å². The summed E-state index contributed by atoms with van der Waals surface area (Å²) in [7, 11) is 0. The lowest BCUT2D eigenvalue weighted by Crippen LogP contribution is -2.29. The Labute approximate surface area is 130 Å². The van der Waals surface area contributed by atoms with Gasteiger partial charge in [0, 0.05) is 10.5 Å². The molecule has 106 valence electrons. The molecule has 0 heterocycles. The van der Waals surface area contributed by atoms with E-state index in [0.29, 0.717) is 6.04 Å². The molecule has 0 aromatic heterocycles. The third-order valence-corrected chi connectivity index (χ3v) is 3.96. The number of rotatable bonds is 7. The van der Waals surface area contributed by atoms with Gasteiger partial charge in [-0.1, -0.05) is 58.4 Å². The zero-order valence-electron chi connectivity index (χ0n) is 12.0. The van der Waals surface area contributed by atoms with Crippen LogP contribution in [0.4, 0.5) is 0 Å². The van der Waals surface area contributed by atoms with Crippen LogP contribution in [0.1, 0.15) is 24.5 Å². The van der Waals surface area contributed by atoms with E-state index in [-0.39, 0.29) is 0 Å². The molecule has 2 aromatic carbocycles. The molecule has 0 saturated carbocycles. The standard InChI is InChI=1S/C18H22BrN/c1-15(14-17-9-11-18(19)12-10-17)20-13-5-8-16-6-3-2-4-7-16/h2-4,6-7,9-12,15,20H,5,8,13-14H2,1H3/t15-/m1/s1. The highest BCUT2D eigenvalue weighted by atomic mass is 79.9. The highest BCUT2D eigenvalue weighted by Gasteiger charge is 2.02. The molecular formula is C18H22BrN. The Morgan fingerprint density at radius 2 is 1.65 bits per heavy atom. The second kappa shape index (κ2) is 8.23. The lowest BCUT2D eigenvalue weighted by atomic mass is 10.1. The second-order valence-corrected chi connectivity index (χ2v) is 6.19. The summed E-state index contributed by atoms with van der Waals surface area (Å²) in [4.78, 5) is 0. The Kier molecular flexibility index (Phi) is 6.28. The minimum atomic E-state index is 0.520. The molecule has 0 amide bonds. The van der Waals surface area contributed by atoms with Crippen molar-refractivity contribution in [3.05, 3.63) is 70.2 Å². The summed E-state index contributed by atoms with van der Waals surface area (Å²) in [5.41, 5.74) is 2.81. The smallest absolute Gasteiger partial charge is 0.0175 e. The molecule has 0 aliphatic carbocycles. The van der Waals surface area contributed by atoms with E-state index in [0.717, 1.165) is 23.9 Å². The van der Waals surface area contributed by atoms with Gasteiger partial charge >= 0.3 is 0 Å². The van der Waals surface area contributed by atoms with Gasteiger partial charge in [0.2, 0.25) is 0 Å². The molecule has 0 saturated heterocycles. The number of hydrogen-bond acceptors (Lipinski definition) is 1. The molecule has 20 heavy (non-hydrogen) atoms. The quantitative estimate of drug-likeness (QED) is 0.731. The van der Waals surface area contributed by atoms with E-state index in [4.69, 9.17) is 0 Å². The van der Waals surface area contributed by atoms with Gasteiger partial charge in [-0.3, -0.25) is 0 Å². The molecule has 1 N–H and O–H groups in total. The second-order valence-electron chi connectivity index (χ2n) is 5.27. The highest BCUT2D eigenvalue weighted by molar-refractivity contribution is 9.10. The average molecular weight is 332 g/mol. The topological polar surface area (TPSA) is 12.0 Å². The maximum absolute atomic E-state index is 3.60. The molecule has 1 atom stereocenters. The lowest BCUT2D eigenvalue weighted by Gasteiger charge is -2.14. The van der Waals surface area contributed by atoms with Crippen molar-refractivity contribution in [2.24, 2.45) is 0 Å². The van der Waals surface area contributed by atoms with Crippen molar-refractivity contribution in [2.45, 2.75) is 32.2 Å². The van der Waals surface area contributed by atoms with Gasteiger partial charge in [-0.25, -0.2) is 0 Å². The first-order valence-electron chi connectivity index (χ1n) is 7.26. The molecule has 0 unspecified atom stereocenters. The van der Waals surface area contributed by atoms with Crippen LogP contribution in [0.15, 0.2) is 59.1 Å². The van der Waals surface area contributed by atoms with Gasteiger partial charge in [0.15, 0.2) is 0 Å². The first-order valence-corrected chi connectivity index (χ1v) is 8.05. The van der Waals surface area contributed by atoms with Crippen LogP contribution in [0.25, 0.3) is 0 Å². The minimum Gasteiger partial charge on any atom is -0.314 e. The van der Waals surface area contributed by atoms with Crippen molar-refractivity contribution in [3.63, 3.8) is 0 Å². The van der Waals surface area contributed by atoms with Crippen LogP contribution in [0.3, 0.4) is 0 Å². The van der Waals surface area contributed by atoms with E-state index in [1.807, 2.05) is 0 Å². The fourth-order valence-electron chi connectivity index (χ4n) is 2.33. The van der Waals surface area contributed by atoms with E-state index in [1.165, 1.54) is 17.5 Å². The molecule has 0 spiro atoms. The summed E-state index contributed by atoms with van der Waals surface area (Å²) in [6.45, 7) is 3.33. The van der Waals surface area contributed by atoms with Crippen molar-refractivity contribution in [1.29, 1.82) is 0 Å². The maximum Gasteiger partial charge on any atom is 0.0175 e. The maximum atomic E-state index is 3.60. The summed E-state index contributed by atoms with van der Waals surface area (Å²) in [5, 5.41) is 3.60. The SMILES string of the molecule is C[C@H](Cc1ccc(Br)cc1)NCCCc1ccccc1. The van der Waals surface area contributed by atoms with Crippen molar-refractivity contribution < 1.29 is 0 Å². The van der Waals surface area contributed by atoms with Crippen LogP contribution >= 0.6 is 15.9 Å². The molecule has 0 aliphatic heterocycles. The molecule has 2 heteroatoms. The van der Waals surface area contributed by atoms with Gasteiger partial charge in [0.25, 0.3) is 0 Å². The number of aryl methyl sites for hydroxylation is 1. The zero-order chi connectivity index (χ0) is 14.2. The fraction of sp³-hybridized carbons (Fsp3) is 0.333. The summed E-state index contributed by atoms with van der Waals surface area (Å²) in [6, 6.07) is 19.8. The molecule has 2 aromatic rings. The number of benzene rings is 2. The Bertz CT molecular complexity index is 493. The van der Waals surface area contributed by atoms with Crippen molar-refractivity contribution in [3.8, 4) is 0 Å². The van der Waals surface area contributed by atoms with Gasteiger partial charge in [0.1, 0.15) is 0 Å². The van der Waals surface area contributed by atoms with Gasteiger partial charge in [0.05, 0.1) is 0 Å². The predicted molar refractivity (Wildman–Crippen MR) is 90.1 cm³/mol. The molecule has 0 radical (unpaired) electrons. The van der Waals surface area contributed by atoms with E-state index >= 15 is 0 Å².